The maximum atomic E-state index is 10.9. The van der Waals surface area contributed by atoms with E-state index in [-0.39, 0.29) is 11.4 Å². The van der Waals surface area contributed by atoms with Crippen LogP contribution in [0.5, 0.6) is 5.75 Å². The summed E-state index contributed by atoms with van der Waals surface area (Å²) in [5, 5.41) is 13.9. The molecule has 0 amide bonds. The van der Waals surface area contributed by atoms with E-state index in [2.05, 4.69) is 11.2 Å². The maximum Gasteiger partial charge on any atom is 0.333 e. The van der Waals surface area contributed by atoms with E-state index in [0.29, 0.717) is 18.7 Å². The fourth-order valence-corrected chi connectivity index (χ4v) is 1.43. The van der Waals surface area contributed by atoms with Crippen molar-refractivity contribution in [2.24, 2.45) is 0 Å². The van der Waals surface area contributed by atoms with Gasteiger partial charge in [0, 0.05) is 13.0 Å². The van der Waals surface area contributed by atoms with Crippen molar-refractivity contribution in [2.45, 2.75) is 12.8 Å². The quantitative estimate of drug-likeness (QED) is 0.355. The molecule has 1 aromatic carbocycles. The lowest BCUT2D eigenvalue weighted by Gasteiger charge is -2.08. The molecule has 5 heteroatoms. The third-order valence-corrected chi connectivity index (χ3v) is 2.21. The van der Waals surface area contributed by atoms with Gasteiger partial charge in [-0.2, -0.15) is 0 Å². The molecule has 0 radical (unpaired) electrons. The Hall–Kier alpha value is -2.22. The Morgan fingerprint density at radius 3 is 2.94 bits per heavy atom. The molecule has 0 saturated carbocycles. The third kappa shape index (κ3) is 3.38. The van der Waals surface area contributed by atoms with Gasteiger partial charge < -0.3 is 10.1 Å². The summed E-state index contributed by atoms with van der Waals surface area (Å²) < 4.78 is 4.96. The van der Waals surface area contributed by atoms with Gasteiger partial charge in [0.1, 0.15) is 5.69 Å². The SMILES string of the molecule is C#CCCCNc1cccc(OC)c1[N+](=O)[O-]. The fraction of sp³-hybridized carbons (Fsp3) is 0.333. The van der Waals surface area contributed by atoms with Gasteiger partial charge in [0.05, 0.1) is 12.0 Å². The number of hydrogen-bond acceptors (Lipinski definition) is 4. The standard InChI is InChI=1S/C12H14N2O3/c1-3-4-5-9-13-10-7-6-8-11(17-2)12(10)14(15)16/h1,6-8,13H,4-5,9H2,2H3. The topological polar surface area (TPSA) is 64.4 Å². The predicted octanol–water partition coefficient (Wildman–Crippen LogP) is 2.43. The van der Waals surface area contributed by atoms with E-state index < -0.39 is 4.92 Å². The summed E-state index contributed by atoms with van der Waals surface area (Å²) in [6, 6.07) is 4.91. The Morgan fingerprint density at radius 2 is 2.35 bits per heavy atom. The lowest BCUT2D eigenvalue weighted by Crippen LogP contribution is -2.05. The monoisotopic (exact) mass is 234 g/mol. The number of anilines is 1. The highest BCUT2D eigenvalue weighted by Crippen LogP contribution is 2.34. The van der Waals surface area contributed by atoms with Crippen molar-refractivity contribution in [1.29, 1.82) is 0 Å². The van der Waals surface area contributed by atoms with Gasteiger partial charge in [0.15, 0.2) is 5.75 Å². The van der Waals surface area contributed by atoms with Gasteiger partial charge in [-0.3, -0.25) is 10.1 Å². The van der Waals surface area contributed by atoms with Gasteiger partial charge in [-0.05, 0) is 18.6 Å². The molecule has 0 saturated heterocycles. The fourth-order valence-electron chi connectivity index (χ4n) is 1.43. The summed E-state index contributed by atoms with van der Waals surface area (Å²) in [6.07, 6.45) is 6.54. The van der Waals surface area contributed by atoms with Crippen LogP contribution in [0.15, 0.2) is 18.2 Å². The van der Waals surface area contributed by atoms with Crippen LogP contribution in [0.1, 0.15) is 12.8 Å². The molecule has 0 unspecified atom stereocenters. The molecular formula is C12H14N2O3. The number of nitrogens with zero attached hydrogens (tertiary/aromatic N) is 1. The van der Waals surface area contributed by atoms with Crippen LogP contribution in [0, 0.1) is 22.5 Å². The lowest BCUT2D eigenvalue weighted by molar-refractivity contribution is -0.384. The minimum atomic E-state index is -0.456. The number of ether oxygens (including phenoxy) is 1. The van der Waals surface area contributed by atoms with Crippen molar-refractivity contribution in [3.05, 3.63) is 28.3 Å². The second-order valence-electron chi connectivity index (χ2n) is 3.35. The Bertz CT molecular complexity index is 438. The summed E-state index contributed by atoms with van der Waals surface area (Å²) >= 11 is 0. The van der Waals surface area contributed by atoms with Crippen molar-refractivity contribution in [1.82, 2.24) is 0 Å². The number of nitro benzene ring substituents is 1. The highest BCUT2D eigenvalue weighted by Gasteiger charge is 2.19. The van der Waals surface area contributed by atoms with Crippen LogP contribution >= 0.6 is 0 Å². The number of benzene rings is 1. The normalized spacial score (nSPS) is 9.41. The number of nitro groups is 1. The van der Waals surface area contributed by atoms with Crippen molar-refractivity contribution in [2.75, 3.05) is 19.0 Å². The van der Waals surface area contributed by atoms with Gasteiger partial charge >= 0.3 is 5.69 Å². The van der Waals surface area contributed by atoms with Crippen molar-refractivity contribution < 1.29 is 9.66 Å². The summed E-state index contributed by atoms with van der Waals surface area (Å²) in [5.41, 5.74) is 0.405. The van der Waals surface area contributed by atoms with E-state index in [9.17, 15) is 10.1 Å². The van der Waals surface area contributed by atoms with Crippen LogP contribution in [0.4, 0.5) is 11.4 Å². The second-order valence-corrected chi connectivity index (χ2v) is 3.35. The molecular weight excluding hydrogens is 220 g/mol. The summed E-state index contributed by atoms with van der Waals surface area (Å²) in [6.45, 7) is 0.595. The molecule has 0 aliphatic heterocycles. The Kier molecular flexibility index (Phi) is 4.82. The van der Waals surface area contributed by atoms with E-state index in [1.54, 1.807) is 18.2 Å². The maximum absolute atomic E-state index is 10.9. The van der Waals surface area contributed by atoms with Gasteiger partial charge in [0.2, 0.25) is 0 Å². The highest BCUT2D eigenvalue weighted by molar-refractivity contribution is 5.68. The van der Waals surface area contributed by atoms with Crippen LogP contribution < -0.4 is 10.1 Å². The number of unbranched alkanes of at least 4 members (excludes halogenated alkanes) is 1. The van der Waals surface area contributed by atoms with Crippen LogP contribution in [0.25, 0.3) is 0 Å². The van der Waals surface area contributed by atoms with Gasteiger partial charge in [-0.1, -0.05) is 6.07 Å². The molecule has 0 aromatic heterocycles. The Labute approximate surface area is 99.9 Å². The molecule has 0 aliphatic carbocycles. The van der Waals surface area contributed by atoms with Crippen LogP contribution in [-0.4, -0.2) is 18.6 Å². The molecule has 0 bridgehead atoms. The number of methoxy groups -OCH3 is 1. The molecule has 0 fully saturated rings. The van der Waals surface area contributed by atoms with E-state index >= 15 is 0 Å². The molecule has 17 heavy (non-hydrogen) atoms. The largest absolute Gasteiger partial charge is 0.490 e. The number of para-hydroxylation sites is 1. The first-order chi connectivity index (χ1) is 8.20. The molecule has 1 aromatic rings. The van der Waals surface area contributed by atoms with Crippen LogP contribution in [-0.2, 0) is 0 Å². The van der Waals surface area contributed by atoms with E-state index in [1.807, 2.05) is 0 Å². The molecule has 90 valence electrons. The third-order valence-electron chi connectivity index (χ3n) is 2.21. The zero-order chi connectivity index (χ0) is 12.7. The van der Waals surface area contributed by atoms with Crippen molar-refractivity contribution >= 4 is 11.4 Å². The number of rotatable bonds is 6. The van der Waals surface area contributed by atoms with Crippen LogP contribution in [0.2, 0.25) is 0 Å². The first-order valence-corrected chi connectivity index (χ1v) is 5.19. The summed E-state index contributed by atoms with van der Waals surface area (Å²) in [4.78, 5) is 10.5. The second kappa shape index (κ2) is 6.38. The molecule has 0 heterocycles. The van der Waals surface area contributed by atoms with E-state index in [1.165, 1.54) is 7.11 Å². The highest BCUT2D eigenvalue weighted by atomic mass is 16.6. The average molecular weight is 234 g/mol. The number of terminal acetylenes is 1. The molecule has 1 rings (SSSR count). The minimum absolute atomic E-state index is 0.0456. The molecule has 0 aliphatic rings. The predicted molar refractivity (Wildman–Crippen MR) is 66.2 cm³/mol. The molecule has 0 spiro atoms. The van der Waals surface area contributed by atoms with Gasteiger partial charge in [-0.15, -0.1) is 12.3 Å². The first kappa shape index (κ1) is 12.8. The van der Waals surface area contributed by atoms with Crippen molar-refractivity contribution in [3.8, 4) is 18.1 Å². The minimum Gasteiger partial charge on any atom is -0.490 e. The van der Waals surface area contributed by atoms with E-state index in [0.717, 1.165) is 6.42 Å². The van der Waals surface area contributed by atoms with Crippen LogP contribution in [0.3, 0.4) is 0 Å². The summed E-state index contributed by atoms with van der Waals surface area (Å²) in [5.74, 6) is 2.76. The molecule has 0 atom stereocenters. The Morgan fingerprint density at radius 1 is 1.59 bits per heavy atom. The molecule has 1 N–H and O–H groups in total. The summed E-state index contributed by atoms with van der Waals surface area (Å²) in [7, 11) is 1.41. The molecule has 5 nitrogen and oxygen atoms in total. The van der Waals surface area contributed by atoms with Gasteiger partial charge in [-0.25, -0.2) is 0 Å². The lowest BCUT2D eigenvalue weighted by atomic mass is 10.2. The van der Waals surface area contributed by atoms with Gasteiger partial charge in [0.25, 0.3) is 0 Å². The zero-order valence-electron chi connectivity index (χ0n) is 9.60. The zero-order valence-corrected chi connectivity index (χ0v) is 9.60. The average Bonchev–Trinajstić information content (AvgIpc) is 2.33. The number of hydrogen-bond donors (Lipinski definition) is 1. The first-order valence-electron chi connectivity index (χ1n) is 5.19. The smallest absolute Gasteiger partial charge is 0.333 e. The van der Waals surface area contributed by atoms with Crippen molar-refractivity contribution in [3.63, 3.8) is 0 Å². The Balaban J connectivity index is 2.84. The van der Waals surface area contributed by atoms with E-state index in [4.69, 9.17) is 11.2 Å². The number of nitrogens with one attached hydrogen (secondary N) is 1.